The normalized spacial score (nSPS) is 9.75. The molecule has 0 aromatic heterocycles. The molecule has 0 aliphatic rings. The molecule has 0 saturated heterocycles. The predicted octanol–water partition coefficient (Wildman–Crippen LogP) is 3.82. The van der Waals surface area contributed by atoms with Gasteiger partial charge < -0.3 is 10.8 Å². The van der Waals surface area contributed by atoms with Crippen LogP contribution in [0.4, 0.5) is 0 Å². The lowest BCUT2D eigenvalue weighted by molar-refractivity contribution is -0.136. The van der Waals surface area contributed by atoms with E-state index in [-0.39, 0.29) is 12.3 Å². The fraction of sp³-hybridized carbons (Fsp3) is 0.222. The fourth-order valence-electron chi connectivity index (χ4n) is 1.87. The Morgan fingerprint density at radius 1 is 0.750 bits per heavy atom. The number of hydrogen-bond donors (Lipinski definition) is 2. The van der Waals surface area contributed by atoms with Crippen LogP contribution < -0.4 is 5.73 Å². The summed E-state index contributed by atoms with van der Waals surface area (Å²) >= 11 is 6.66. The van der Waals surface area contributed by atoms with E-state index >= 15 is 0 Å². The first-order valence-corrected chi connectivity index (χ1v) is 9.46. The van der Waals surface area contributed by atoms with Gasteiger partial charge in [-0.1, -0.05) is 80.4 Å². The van der Waals surface area contributed by atoms with Crippen LogP contribution in [0.3, 0.4) is 0 Å². The Labute approximate surface area is 158 Å². The largest absolute Gasteiger partial charge is 0.481 e. The molecule has 0 aliphatic carbocycles. The van der Waals surface area contributed by atoms with Crippen LogP contribution in [0.1, 0.15) is 22.3 Å². The van der Waals surface area contributed by atoms with Gasteiger partial charge >= 0.3 is 5.97 Å². The maximum absolute atomic E-state index is 10.5. The van der Waals surface area contributed by atoms with Crippen LogP contribution in [0.5, 0.6) is 0 Å². The summed E-state index contributed by atoms with van der Waals surface area (Å²) in [5, 5.41) is 10.1. The lowest BCUT2D eigenvalue weighted by Crippen LogP contribution is -2.13. The molecule has 2 aromatic rings. The van der Waals surface area contributed by atoms with Crippen molar-refractivity contribution in [1.29, 1.82) is 0 Å². The molecule has 0 unspecified atom stereocenters. The minimum Gasteiger partial charge on any atom is -0.481 e. The molecular formula is C18H19Br2NO3. The molecule has 0 radical (unpaired) electrons. The van der Waals surface area contributed by atoms with Gasteiger partial charge in [-0.05, 0) is 22.3 Å². The van der Waals surface area contributed by atoms with E-state index in [1.165, 1.54) is 5.56 Å². The molecule has 2 aromatic carbocycles. The fourth-order valence-corrected chi connectivity index (χ4v) is 2.62. The molecule has 128 valence electrons. The maximum atomic E-state index is 10.5. The Bertz CT molecular complexity index is 595. The molecular weight excluding hydrogens is 438 g/mol. The molecule has 0 aliphatic heterocycles. The summed E-state index contributed by atoms with van der Waals surface area (Å²) < 4.78 is 0. The smallest absolute Gasteiger partial charge is 0.307 e. The first-order valence-electron chi connectivity index (χ1n) is 7.22. The van der Waals surface area contributed by atoms with Crippen molar-refractivity contribution in [2.75, 3.05) is 0 Å². The highest BCUT2D eigenvalue weighted by atomic mass is 79.9. The third-order valence-electron chi connectivity index (χ3n) is 3.09. The number of alkyl halides is 2. The number of hydrogen-bond acceptors (Lipinski definition) is 2. The average molecular weight is 457 g/mol. The second-order valence-electron chi connectivity index (χ2n) is 5.11. The zero-order valence-electron chi connectivity index (χ0n) is 13.0. The number of rotatable bonds is 6. The number of carbonyl (C=O) groups is 2. The summed E-state index contributed by atoms with van der Waals surface area (Å²) in [6.07, 6.45) is 0.422. The van der Waals surface area contributed by atoms with Crippen LogP contribution in [0.15, 0.2) is 48.5 Å². The summed E-state index contributed by atoms with van der Waals surface area (Å²) in [4.78, 5) is 20.9. The van der Waals surface area contributed by atoms with E-state index < -0.39 is 5.97 Å². The van der Waals surface area contributed by atoms with Gasteiger partial charge in [-0.15, -0.1) is 0 Å². The number of nitrogens with two attached hydrogens (primary N) is 1. The summed E-state index contributed by atoms with van der Waals surface area (Å²) in [6, 6.07) is 15.3. The van der Waals surface area contributed by atoms with E-state index in [9.17, 15) is 9.59 Å². The quantitative estimate of drug-likeness (QED) is 0.648. The zero-order valence-corrected chi connectivity index (χ0v) is 16.2. The Kier molecular flexibility index (Phi) is 9.34. The third-order valence-corrected chi connectivity index (χ3v) is 4.38. The first kappa shape index (κ1) is 20.4. The molecule has 0 atom stereocenters. The molecule has 1 amide bonds. The number of primary amides is 1. The van der Waals surface area contributed by atoms with Crippen LogP contribution in [-0.2, 0) is 33.1 Å². The second-order valence-corrected chi connectivity index (χ2v) is 6.24. The van der Waals surface area contributed by atoms with Gasteiger partial charge in [0.1, 0.15) is 0 Å². The molecule has 0 fully saturated rings. The summed E-state index contributed by atoms with van der Waals surface area (Å²) in [6.45, 7) is 0. The van der Waals surface area contributed by atoms with E-state index in [2.05, 4.69) is 31.9 Å². The summed E-state index contributed by atoms with van der Waals surface area (Å²) in [5.74, 6) is -1.08. The molecule has 0 heterocycles. The Hall–Kier alpha value is -1.66. The molecule has 0 bridgehead atoms. The molecule has 0 spiro atoms. The van der Waals surface area contributed by atoms with E-state index in [4.69, 9.17) is 10.8 Å². The highest BCUT2D eigenvalue weighted by molar-refractivity contribution is 9.08. The van der Waals surface area contributed by atoms with Gasteiger partial charge in [0, 0.05) is 10.7 Å². The van der Waals surface area contributed by atoms with Crippen molar-refractivity contribution in [3.63, 3.8) is 0 Å². The van der Waals surface area contributed by atoms with Crippen LogP contribution in [0.25, 0.3) is 0 Å². The Balaban J connectivity index is 0.000000240. The van der Waals surface area contributed by atoms with Gasteiger partial charge in [0.2, 0.25) is 5.91 Å². The lowest BCUT2D eigenvalue weighted by atomic mass is 10.1. The average Bonchev–Trinajstić information content (AvgIpc) is 2.56. The van der Waals surface area contributed by atoms with Crippen molar-refractivity contribution in [3.05, 3.63) is 70.8 Å². The number of amides is 1. The van der Waals surface area contributed by atoms with Gasteiger partial charge in [-0.25, -0.2) is 0 Å². The van der Waals surface area contributed by atoms with Gasteiger partial charge in [0.15, 0.2) is 0 Å². The first-order chi connectivity index (χ1) is 11.4. The third kappa shape index (κ3) is 8.26. The SMILES string of the molecule is NC(=O)Cc1ccc(CBr)cc1.O=C(O)Cc1ccc(CBr)cc1. The number of carboxylic acid groups (broad SMARTS) is 1. The standard InChI is InChI=1S/C9H10BrNO.C9H9BrO2/c2*10-6-8-3-1-7(2-4-8)5-9(11)12/h1-4H,5-6H2,(H2,11,12);1-4H,5-6H2,(H,11,12). The number of halogens is 2. The van der Waals surface area contributed by atoms with Crippen LogP contribution in [0.2, 0.25) is 0 Å². The summed E-state index contributed by atoms with van der Waals surface area (Å²) in [5.41, 5.74) is 9.21. The minimum absolute atomic E-state index is 0.0998. The van der Waals surface area contributed by atoms with Crippen molar-refractivity contribution in [2.45, 2.75) is 23.5 Å². The van der Waals surface area contributed by atoms with E-state index in [1.807, 2.05) is 48.5 Å². The molecule has 6 heteroatoms. The second kappa shape index (κ2) is 11.0. The van der Waals surface area contributed by atoms with Crippen molar-refractivity contribution >= 4 is 43.7 Å². The maximum Gasteiger partial charge on any atom is 0.307 e. The number of aliphatic carboxylic acids is 1. The Morgan fingerprint density at radius 2 is 1.08 bits per heavy atom. The Morgan fingerprint density at radius 3 is 1.38 bits per heavy atom. The highest BCUT2D eigenvalue weighted by Crippen LogP contribution is 2.08. The molecule has 3 N–H and O–H groups in total. The highest BCUT2D eigenvalue weighted by Gasteiger charge is 1.99. The van der Waals surface area contributed by atoms with Gasteiger partial charge in [-0.3, -0.25) is 9.59 Å². The van der Waals surface area contributed by atoms with Gasteiger partial charge in [0.25, 0.3) is 0 Å². The van der Waals surface area contributed by atoms with Crippen LogP contribution in [0, 0.1) is 0 Å². The zero-order chi connectivity index (χ0) is 17.9. The van der Waals surface area contributed by atoms with Crippen molar-refractivity contribution < 1.29 is 14.7 Å². The van der Waals surface area contributed by atoms with Crippen LogP contribution >= 0.6 is 31.9 Å². The number of carbonyl (C=O) groups excluding carboxylic acids is 1. The van der Waals surface area contributed by atoms with E-state index in [1.54, 1.807) is 0 Å². The van der Waals surface area contributed by atoms with Crippen molar-refractivity contribution in [3.8, 4) is 0 Å². The molecule has 4 nitrogen and oxygen atoms in total. The van der Waals surface area contributed by atoms with Crippen molar-refractivity contribution in [2.24, 2.45) is 5.73 Å². The monoisotopic (exact) mass is 455 g/mol. The van der Waals surface area contributed by atoms with Gasteiger partial charge in [-0.2, -0.15) is 0 Å². The van der Waals surface area contributed by atoms with Crippen molar-refractivity contribution in [1.82, 2.24) is 0 Å². The van der Waals surface area contributed by atoms with E-state index in [0.29, 0.717) is 6.42 Å². The summed E-state index contributed by atoms with van der Waals surface area (Å²) in [7, 11) is 0. The van der Waals surface area contributed by atoms with Gasteiger partial charge in [0.05, 0.1) is 12.8 Å². The minimum atomic E-state index is -0.790. The number of carboxylic acids is 1. The van der Waals surface area contributed by atoms with E-state index in [0.717, 1.165) is 27.4 Å². The lowest BCUT2D eigenvalue weighted by Gasteiger charge is -1.98. The molecule has 0 saturated carbocycles. The predicted molar refractivity (Wildman–Crippen MR) is 102 cm³/mol. The molecule has 2 rings (SSSR count). The van der Waals surface area contributed by atoms with Crippen LogP contribution in [-0.4, -0.2) is 17.0 Å². The topological polar surface area (TPSA) is 80.4 Å². The molecule has 24 heavy (non-hydrogen) atoms. The number of benzene rings is 2.